The predicted octanol–water partition coefficient (Wildman–Crippen LogP) is 1.68. The number of carbonyl (C=O) groups is 1. The molecular formula is C12H17FN2O2. The van der Waals surface area contributed by atoms with E-state index in [-0.39, 0.29) is 5.56 Å². The Morgan fingerprint density at radius 2 is 2.24 bits per heavy atom. The molecule has 0 saturated carbocycles. The Kier molecular flexibility index (Phi) is 4.90. The van der Waals surface area contributed by atoms with Crippen LogP contribution in [0.3, 0.4) is 0 Å². The van der Waals surface area contributed by atoms with E-state index in [0.717, 1.165) is 12.5 Å². The lowest BCUT2D eigenvalue weighted by Gasteiger charge is -2.11. The van der Waals surface area contributed by atoms with Gasteiger partial charge in [0.1, 0.15) is 5.82 Å². The minimum Gasteiger partial charge on any atom is -0.385 e. The number of benzene rings is 1. The molecule has 0 radical (unpaired) electrons. The van der Waals surface area contributed by atoms with E-state index in [0.29, 0.717) is 24.4 Å². The highest BCUT2D eigenvalue weighted by molar-refractivity contribution is 5.98. The Balaban J connectivity index is 2.81. The van der Waals surface area contributed by atoms with Gasteiger partial charge in [0, 0.05) is 25.9 Å². The van der Waals surface area contributed by atoms with E-state index in [9.17, 15) is 9.18 Å². The summed E-state index contributed by atoms with van der Waals surface area (Å²) in [5.74, 6) is -1.07. The van der Waals surface area contributed by atoms with Gasteiger partial charge in [0.15, 0.2) is 0 Å². The van der Waals surface area contributed by atoms with Crippen molar-refractivity contribution < 1.29 is 13.9 Å². The van der Waals surface area contributed by atoms with E-state index in [2.05, 4.69) is 5.32 Å². The summed E-state index contributed by atoms with van der Waals surface area (Å²) in [4.78, 5) is 11.2. The fourth-order valence-electron chi connectivity index (χ4n) is 1.47. The zero-order chi connectivity index (χ0) is 12.8. The van der Waals surface area contributed by atoms with Crippen LogP contribution in [0.25, 0.3) is 0 Å². The van der Waals surface area contributed by atoms with Gasteiger partial charge in [-0.3, -0.25) is 4.79 Å². The van der Waals surface area contributed by atoms with Gasteiger partial charge >= 0.3 is 0 Å². The van der Waals surface area contributed by atoms with Gasteiger partial charge in [0.25, 0.3) is 5.91 Å². The number of rotatable bonds is 6. The number of hydrogen-bond acceptors (Lipinski definition) is 3. The molecule has 3 N–H and O–H groups in total. The summed E-state index contributed by atoms with van der Waals surface area (Å²) in [5, 5.41) is 3.05. The number of methoxy groups -OCH3 is 1. The molecule has 17 heavy (non-hydrogen) atoms. The fourth-order valence-corrected chi connectivity index (χ4v) is 1.47. The number of nitrogens with one attached hydrogen (secondary N) is 1. The summed E-state index contributed by atoms with van der Waals surface area (Å²) < 4.78 is 18.2. The van der Waals surface area contributed by atoms with Crippen molar-refractivity contribution >= 4 is 11.6 Å². The Labute approximate surface area is 100.0 Å². The molecule has 0 heterocycles. The SMILES string of the molecule is COCCCNc1cc(C)c(F)cc1C(N)=O. The van der Waals surface area contributed by atoms with Crippen LogP contribution in [0.1, 0.15) is 22.3 Å². The van der Waals surface area contributed by atoms with Crippen LogP contribution >= 0.6 is 0 Å². The van der Waals surface area contributed by atoms with Gasteiger partial charge in [-0.05, 0) is 31.0 Å². The van der Waals surface area contributed by atoms with Gasteiger partial charge in [0.2, 0.25) is 0 Å². The Morgan fingerprint density at radius 1 is 1.53 bits per heavy atom. The molecule has 0 atom stereocenters. The third-order valence-electron chi connectivity index (χ3n) is 2.40. The highest BCUT2D eigenvalue weighted by Gasteiger charge is 2.11. The molecule has 1 aromatic carbocycles. The molecule has 0 bridgehead atoms. The van der Waals surface area contributed by atoms with E-state index in [4.69, 9.17) is 10.5 Å². The molecule has 0 saturated heterocycles. The third kappa shape index (κ3) is 3.71. The van der Waals surface area contributed by atoms with Gasteiger partial charge in [-0.2, -0.15) is 0 Å². The van der Waals surface area contributed by atoms with E-state index in [1.807, 2.05) is 0 Å². The Hall–Kier alpha value is -1.62. The molecule has 0 aliphatic carbocycles. The van der Waals surface area contributed by atoms with Crippen LogP contribution < -0.4 is 11.1 Å². The standard InChI is InChI=1S/C12H17FN2O2/c1-8-6-11(15-4-3-5-17-2)9(12(14)16)7-10(8)13/h6-7,15H,3-5H2,1-2H3,(H2,14,16). The molecule has 0 aromatic heterocycles. The summed E-state index contributed by atoms with van der Waals surface area (Å²) in [6, 6.07) is 2.75. The van der Waals surface area contributed by atoms with Crippen LogP contribution in [0, 0.1) is 12.7 Å². The second-order valence-corrected chi connectivity index (χ2v) is 3.78. The first-order valence-electron chi connectivity index (χ1n) is 5.39. The van der Waals surface area contributed by atoms with E-state index < -0.39 is 11.7 Å². The fraction of sp³-hybridized carbons (Fsp3) is 0.417. The van der Waals surface area contributed by atoms with Crippen molar-refractivity contribution in [1.29, 1.82) is 0 Å². The van der Waals surface area contributed by atoms with Gasteiger partial charge in [0.05, 0.1) is 5.56 Å². The summed E-state index contributed by atoms with van der Waals surface area (Å²) in [5.41, 5.74) is 6.40. The summed E-state index contributed by atoms with van der Waals surface area (Å²) in [6.07, 6.45) is 0.797. The maximum atomic E-state index is 13.3. The molecule has 0 unspecified atom stereocenters. The van der Waals surface area contributed by atoms with Crippen LogP contribution in [0.5, 0.6) is 0 Å². The van der Waals surface area contributed by atoms with Gasteiger partial charge < -0.3 is 15.8 Å². The van der Waals surface area contributed by atoms with Crippen LogP contribution in [-0.2, 0) is 4.74 Å². The molecule has 5 heteroatoms. The molecule has 1 amide bonds. The first-order valence-corrected chi connectivity index (χ1v) is 5.39. The number of ether oxygens (including phenoxy) is 1. The average molecular weight is 240 g/mol. The lowest BCUT2D eigenvalue weighted by atomic mass is 10.1. The summed E-state index contributed by atoms with van der Waals surface area (Å²) in [7, 11) is 1.62. The maximum absolute atomic E-state index is 13.3. The van der Waals surface area contributed by atoms with Gasteiger partial charge in [-0.15, -0.1) is 0 Å². The van der Waals surface area contributed by atoms with E-state index >= 15 is 0 Å². The van der Waals surface area contributed by atoms with Crippen molar-refractivity contribution in [3.63, 3.8) is 0 Å². The molecule has 1 aromatic rings. The zero-order valence-electron chi connectivity index (χ0n) is 10.0. The van der Waals surface area contributed by atoms with Crippen LogP contribution in [0.15, 0.2) is 12.1 Å². The van der Waals surface area contributed by atoms with Gasteiger partial charge in [-0.1, -0.05) is 0 Å². The molecular weight excluding hydrogens is 223 g/mol. The predicted molar refractivity (Wildman–Crippen MR) is 64.6 cm³/mol. The molecule has 4 nitrogen and oxygen atoms in total. The average Bonchev–Trinajstić information content (AvgIpc) is 2.28. The smallest absolute Gasteiger partial charge is 0.250 e. The quantitative estimate of drug-likeness (QED) is 0.743. The largest absolute Gasteiger partial charge is 0.385 e. The summed E-state index contributed by atoms with van der Waals surface area (Å²) >= 11 is 0. The summed E-state index contributed by atoms with van der Waals surface area (Å²) in [6.45, 7) is 2.90. The Bertz CT molecular complexity index is 408. The van der Waals surface area contributed by atoms with Crippen molar-refractivity contribution in [2.75, 3.05) is 25.6 Å². The van der Waals surface area contributed by atoms with Crippen molar-refractivity contribution in [3.05, 3.63) is 29.1 Å². The van der Waals surface area contributed by atoms with E-state index in [1.54, 1.807) is 20.1 Å². The molecule has 0 fully saturated rings. The van der Waals surface area contributed by atoms with Crippen molar-refractivity contribution in [2.24, 2.45) is 5.73 Å². The molecule has 94 valence electrons. The minimum absolute atomic E-state index is 0.172. The number of hydrogen-bond donors (Lipinski definition) is 2. The van der Waals surface area contributed by atoms with Crippen molar-refractivity contribution in [3.8, 4) is 0 Å². The molecule has 1 rings (SSSR count). The topological polar surface area (TPSA) is 64.3 Å². The number of nitrogens with two attached hydrogens (primary N) is 1. The van der Waals surface area contributed by atoms with Crippen molar-refractivity contribution in [1.82, 2.24) is 0 Å². The highest BCUT2D eigenvalue weighted by Crippen LogP contribution is 2.20. The number of aryl methyl sites for hydroxylation is 1. The second-order valence-electron chi connectivity index (χ2n) is 3.78. The molecule has 0 spiro atoms. The Morgan fingerprint density at radius 3 is 2.82 bits per heavy atom. The highest BCUT2D eigenvalue weighted by atomic mass is 19.1. The maximum Gasteiger partial charge on any atom is 0.250 e. The van der Waals surface area contributed by atoms with Crippen LogP contribution in [-0.4, -0.2) is 26.2 Å². The van der Waals surface area contributed by atoms with E-state index in [1.165, 1.54) is 0 Å². The van der Waals surface area contributed by atoms with Crippen molar-refractivity contribution in [2.45, 2.75) is 13.3 Å². The third-order valence-corrected chi connectivity index (χ3v) is 2.40. The first-order chi connectivity index (χ1) is 8.06. The number of amides is 1. The number of halogens is 1. The van der Waals surface area contributed by atoms with Gasteiger partial charge in [-0.25, -0.2) is 4.39 Å². The number of primary amides is 1. The lowest BCUT2D eigenvalue weighted by Crippen LogP contribution is -2.16. The first kappa shape index (κ1) is 13.4. The monoisotopic (exact) mass is 240 g/mol. The van der Waals surface area contributed by atoms with Crippen LogP contribution in [0.2, 0.25) is 0 Å². The van der Waals surface area contributed by atoms with Crippen LogP contribution in [0.4, 0.5) is 10.1 Å². The normalized spacial score (nSPS) is 10.3. The zero-order valence-corrected chi connectivity index (χ0v) is 10.0. The second kappa shape index (κ2) is 6.20. The molecule has 0 aliphatic rings. The number of carbonyl (C=O) groups excluding carboxylic acids is 1. The molecule has 0 aliphatic heterocycles. The lowest BCUT2D eigenvalue weighted by molar-refractivity contribution is 0.100. The minimum atomic E-state index is -0.641. The number of anilines is 1.